The molecule has 0 spiro atoms. The van der Waals surface area contributed by atoms with Crippen LogP contribution < -0.4 is 5.32 Å². The molecule has 0 aromatic rings. The molecule has 0 aromatic carbocycles. The Bertz CT molecular complexity index is 134. The number of carbonyl (C=O) groups is 1. The quantitative estimate of drug-likeness (QED) is 0.681. The van der Waals surface area contributed by atoms with Crippen molar-refractivity contribution in [2.24, 2.45) is 0 Å². The van der Waals surface area contributed by atoms with E-state index in [9.17, 15) is 4.79 Å². The summed E-state index contributed by atoms with van der Waals surface area (Å²) < 4.78 is 5.03. The summed E-state index contributed by atoms with van der Waals surface area (Å²) >= 11 is 0. The second-order valence-electron chi connectivity index (χ2n) is 3.31. The van der Waals surface area contributed by atoms with Crippen molar-refractivity contribution in [2.75, 3.05) is 7.11 Å². The Labute approximate surface area is 74.5 Å². The van der Waals surface area contributed by atoms with Gasteiger partial charge in [0.15, 0.2) is 0 Å². The lowest BCUT2D eigenvalue weighted by atomic mass is 10.2. The number of carbonyl (C=O) groups excluding carboxylic acids is 1. The molecular formula is C9H19NO2. The number of hydrogen-bond acceptors (Lipinski definition) is 2. The summed E-state index contributed by atoms with van der Waals surface area (Å²) in [7, 11) is 1.66. The summed E-state index contributed by atoms with van der Waals surface area (Å²) in [5, 5.41) is 2.83. The van der Waals surface area contributed by atoms with Crippen molar-refractivity contribution < 1.29 is 9.53 Å². The highest BCUT2D eigenvalue weighted by atomic mass is 16.5. The van der Waals surface area contributed by atoms with Gasteiger partial charge in [0, 0.05) is 19.6 Å². The molecule has 0 aromatic heterocycles. The molecule has 1 N–H and O–H groups in total. The molecule has 3 nitrogen and oxygen atoms in total. The van der Waals surface area contributed by atoms with Crippen molar-refractivity contribution in [1.29, 1.82) is 0 Å². The maximum Gasteiger partial charge on any atom is 0.220 e. The van der Waals surface area contributed by atoms with Crippen LogP contribution in [0.2, 0.25) is 0 Å². The van der Waals surface area contributed by atoms with Gasteiger partial charge in [0.05, 0.1) is 6.10 Å². The van der Waals surface area contributed by atoms with Crippen molar-refractivity contribution in [3.63, 3.8) is 0 Å². The van der Waals surface area contributed by atoms with Gasteiger partial charge in [0.2, 0.25) is 5.91 Å². The predicted octanol–water partition coefficient (Wildman–Crippen LogP) is 1.33. The third-order valence-corrected chi connectivity index (χ3v) is 1.63. The Morgan fingerprint density at radius 3 is 2.42 bits per heavy atom. The fourth-order valence-electron chi connectivity index (χ4n) is 0.846. The average Bonchev–Trinajstić information content (AvgIpc) is 1.99. The van der Waals surface area contributed by atoms with Crippen LogP contribution in [0.25, 0.3) is 0 Å². The lowest BCUT2D eigenvalue weighted by molar-refractivity contribution is -0.122. The van der Waals surface area contributed by atoms with E-state index in [1.807, 2.05) is 20.8 Å². The summed E-state index contributed by atoms with van der Waals surface area (Å²) in [4.78, 5) is 11.1. The number of nitrogens with one attached hydrogen (secondary N) is 1. The van der Waals surface area contributed by atoms with E-state index in [2.05, 4.69) is 5.32 Å². The van der Waals surface area contributed by atoms with Crippen LogP contribution in [-0.4, -0.2) is 25.2 Å². The standard InChI is InChI=1S/C9H19NO2/c1-7(2)10-9(11)6-5-8(3)12-4/h7-8H,5-6H2,1-4H3,(H,10,11). The molecule has 0 radical (unpaired) electrons. The van der Waals surface area contributed by atoms with Gasteiger partial charge in [0.1, 0.15) is 0 Å². The Hall–Kier alpha value is -0.570. The van der Waals surface area contributed by atoms with Gasteiger partial charge in [-0.05, 0) is 27.2 Å². The second-order valence-corrected chi connectivity index (χ2v) is 3.31. The summed E-state index contributed by atoms with van der Waals surface area (Å²) in [6.45, 7) is 5.87. The Balaban J connectivity index is 3.44. The maximum atomic E-state index is 11.1. The van der Waals surface area contributed by atoms with E-state index in [4.69, 9.17) is 4.74 Å². The van der Waals surface area contributed by atoms with Crippen LogP contribution >= 0.6 is 0 Å². The van der Waals surface area contributed by atoms with Gasteiger partial charge < -0.3 is 10.1 Å². The molecule has 0 aliphatic carbocycles. The van der Waals surface area contributed by atoms with Crippen LogP contribution in [-0.2, 0) is 9.53 Å². The van der Waals surface area contributed by atoms with E-state index < -0.39 is 0 Å². The first-order chi connectivity index (χ1) is 5.56. The summed E-state index contributed by atoms with van der Waals surface area (Å²) in [5.41, 5.74) is 0. The van der Waals surface area contributed by atoms with Gasteiger partial charge in [-0.1, -0.05) is 0 Å². The minimum absolute atomic E-state index is 0.105. The van der Waals surface area contributed by atoms with Gasteiger partial charge in [-0.2, -0.15) is 0 Å². The molecule has 1 unspecified atom stereocenters. The maximum absolute atomic E-state index is 11.1. The molecule has 0 saturated heterocycles. The van der Waals surface area contributed by atoms with Gasteiger partial charge in [-0.3, -0.25) is 4.79 Å². The zero-order valence-electron chi connectivity index (χ0n) is 8.39. The smallest absolute Gasteiger partial charge is 0.220 e. The number of rotatable bonds is 5. The Morgan fingerprint density at radius 2 is 2.00 bits per heavy atom. The number of methoxy groups -OCH3 is 1. The van der Waals surface area contributed by atoms with E-state index in [1.54, 1.807) is 7.11 Å². The number of hydrogen-bond donors (Lipinski definition) is 1. The zero-order valence-corrected chi connectivity index (χ0v) is 8.39. The molecule has 0 aliphatic rings. The Kier molecular flexibility index (Phi) is 5.72. The largest absolute Gasteiger partial charge is 0.382 e. The fraction of sp³-hybridized carbons (Fsp3) is 0.889. The molecule has 3 heteroatoms. The third kappa shape index (κ3) is 6.16. The monoisotopic (exact) mass is 173 g/mol. The predicted molar refractivity (Wildman–Crippen MR) is 49.0 cm³/mol. The van der Waals surface area contributed by atoms with E-state index in [0.717, 1.165) is 6.42 Å². The number of amides is 1. The molecule has 1 atom stereocenters. The van der Waals surface area contributed by atoms with Crippen LogP contribution in [0, 0.1) is 0 Å². The molecule has 72 valence electrons. The van der Waals surface area contributed by atoms with Gasteiger partial charge >= 0.3 is 0 Å². The molecular weight excluding hydrogens is 154 g/mol. The normalized spacial score (nSPS) is 13.1. The minimum Gasteiger partial charge on any atom is -0.382 e. The van der Waals surface area contributed by atoms with Crippen LogP contribution in [0.15, 0.2) is 0 Å². The molecule has 0 rings (SSSR count). The lowest BCUT2D eigenvalue weighted by Crippen LogP contribution is -2.30. The van der Waals surface area contributed by atoms with Crippen molar-refractivity contribution in [3.8, 4) is 0 Å². The summed E-state index contributed by atoms with van der Waals surface area (Å²) in [5.74, 6) is 0.105. The summed E-state index contributed by atoms with van der Waals surface area (Å²) in [6, 6.07) is 0.232. The van der Waals surface area contributed by atoms with E-state index >= 15 is 0 Å². The first kappa shape index (κ1) is 11.4. The minimum atomic E-state index is 0.105. The number of ether oxygens (including phenoxy) is 1. The van der Waals surface area contributed by atoms with E-state index in [-0.39, 0.29) is 18.1 Å². The van der Waals surface area contributed by atoms with Crippen LogP contribution in [0.3, 0.4) is 0 Å². The molecule has 0 bridgehead atoms. The molecule has 0 aliphatic heterocycles. The van der Waals surface area contributed by atoms with Crippen molar-refractivity contribution in [3.05, 3.63) is 0 Å². The van der Waals surface area contributed by atoms with Crippen molar-refractivity contribution >= 4 is 5.91 Å². The zero-order chi connectivity index (χ0) is 9.56. The van der Waals surface area contributed by atoms with E-state index in [1.165, 1.54) is 0 Å². The topological polar surface area (TPSA) is 38.3 Å². The lowest BCUT2D eigenvalue weighted by Gasteiger charge is -2.10. The second kappa shape index (κ2) is 6.00. The van der Waals surface area contributed by atoms with Gasteiger partial charge in [0.25, 0.3) is 0 Å². The highest BCUT2D eigenvalue weighted by Gasteiger charge is 2.05. The van der Waals surface area contributed by atoms with Crippen LogP contribution in [0.4, 0.5) is 0 Å². The van der Waals surface area contributed by atoms with Crippen LogP contribution in [0.1, 0.15) is 33.6 Å². The van der Waals surface area contributed by atoms with E-state index in [0.29, 0.717) is 6.42 Å². The highest BCUT2D eigenvalue weighted by molar-refractivity contribution is 5.76. The first-order valence-corrected chi connectivity index (χ1v) is 4.38. The molecule has 0 fully saturated rings. The third-order valence-electron chi connectivity index (χ3n) is 1.63. The first-order valence-electron chi connectivity index (χ1n) is 4.38. The van der Waals surface area contributed by atoms with Crippen molar-refractivity contribution in [1.82, 2.24) is 5.32 Å². The molecule has 1 amide bonds. The van der Waals surface area contributed by atoms with Gasteiger partial charge in [-0.15, -0.1) is 0 Å². The highest BCUT2D eigenvalue weighted by Crippen LogP contribution is 1.99. The SMILES string of the molecule is COC(C)CCC(=O)NC(C)C. The summed E-state index contributed by atoms with van der Waals surface area (Å²) in [6.07, 6.45) is 1.50. The fourth-order valence-corrected chi connectivity index (χ4v) is 0.846. The molecule has 0 heterocycles. The average molecular weight is 173 g/mol. The molecule has 0 saturated carbocycles. The Morgan fingerprint density at radius 1 is 1.42 bits per heavy atom. The van der Waals surface area contributed by atoms with Crippen LogP contribution in [0.5, 0.6) is 0 Å². The van der Waals surface area contributed by atoms with Crippen molar-refractivity contribution in [2.45, 2.75) is 45.8 Å². The molecule has 12 heavy (non-hydrogen) atoms. The van der Waals surface area contributed by atoms with Gasteiger partial charge in [-0.25, -0.2) is 0 Å².